The van der Waals surface area contributed by atoms with E-state index in [-0.39, 0.29) is 0 Å². The molecule has 0 unspecified atom stereocenters. The number of rotatable bonds is 16. The molecular formula is C101H80N6. The van der Waals surface area contributed by atoms with Gasteiger partial charge in [0.15, 0.2) is 0 Å². The standard InChI is InChI=1S/C35H28N2.2C33H26N2/c1-36(30-21-19-28(20-22-30)27-11-4-2-5-12-27)31-23-25-33(26-24-31)37(32-15-6-3-7-16-32)35-18-10-14-29-13-8-9-17-34(29)35;1-34(32-19-9-13-25-11-5-7-17-30(25)32)27-21-23-29(24-22-27)35(28-15-3-2-4-16-28)33-20-10-14-26-12-6-8-18-31(26)33;1-34(31-19-18-25-10-5-6-12-27(25)24-31)28-20-22-30(23-21-28)35(29-14-3-2-4-15-29)33-17-9-13-26-11-7-8-16-32(26)33/h2-26H,1H3;2*2-24H,1H3. The number of nitrogens with zero attached hydrogens (tertiary/aromatic N) is 6. The maximum absolute atomic E-state index is 2.34. The fraction of sp³-hybridized carbons (Fsp3) is 0.0297. The maximum atomic E-state index is 2.34. The van der Waals surface area contributed by atoms with Gasteiger partial charge in [0.05, 0.1) is 17.1 Å². The van der Waals surface area contributed by atoms with Gasteiger partial charge in [-0.2, -0.15) is 0 Å². The molecule has 0 N–H and O–H groups in total. The Morgan fingerprint density at radius 3 is 0.748 bits per heavy atom. The van der Waals surface area contributed by atoms with Gasteiger partial charge in [-0.15, -0.1) is 0 Å². The number of hydrogen-bond acceptors (Lipinski definition) is 6. The van der Waals surface area contributed by atoms with E-state index in [9.17, 15) is 0 Å². The second-order valence-corrected chi connectivity index (χ2v) is 26.7. The van der Waals surface area contributed by atoms with Crippen molar-refractivity contribution in [2.75, 3.05) is 50.5 Å². The smallest absolute Gasteiger partial charge is 0.0540 e. The molecule has 514 valence electrons. The summed E-state index contributed by atoms with van der Waals surface area (Å²) in [5, 5.41) is 12.4. The highest BCUT2D eigenvalue weighted by Crippen LogP contribution is 2.44. The highest BCUT2D eigenvalue weighted by Gasteiger charge is 2.20. The van der Waals surface area contributed by atoms with Crippen LogP contribution in [0.3, 0.4) is 0 Å². The Bertz CT molecular complexity index is 5970. The van der Waals surface area contributed by atoms with E-state index in [1.54, 1.807) is 0 Å². The van der Waals surface area contributed by atoms with E-state index in [2.05, 4.69) is 481 Å². The monoisotopic (exact) mass is 1380 g/mol. The molecule has 0 atom stereocenters. The predicted octanol–water partition coefficient (Wildman–Crippen LogP) is 28.2. The second kappa shape index (κ2) is 31.3. The van der Waals surface area contributed by atoms with E-state index in [0.717, 1.165) is 56.9 Å². The summed E-state index contributed by atoms with van der Waals surface area (Å²) in [5.41, 5.74) is 19.7. The van der Waals surface area contributed by atoms with Gasteiger partial charge in [-0.05, 0) is 201 Å². The van der Waals surface area contributed by atoms with Crippen LogP contribution in [0.4, 0.5) is 85.3 Å². The summed E-state index contributed by atoms with van der Waals surface area (Å²) in [7, 11) is 6.38. The largest absolute Gasteiger partial charge is 0.345 e. The van der Waals surface area contributed by atoms with Crippen LogP contribution in [0.25, 0.3) is 65.0 Å². The van der Waals surface area contributed by atoms with E-state index >= 15 is 0 Å². The Morgan fingerprint density at radius 1 is 0.140 bits per heavy atom. The first-order valence-electron chi connectivity index (χ1n) is 36.5. The van der Waals surface area contributed by atoms with E-state index in [0.29, 0.717) is 0 Å². The van der Waals surface area contributed by atoms with Crippen LogP contribution in [0, 0.1) is 0 Å². The first-order chi connectivity index (χ1) is 52.8. The number of benzene rings is 18. The van der Waals surface area contributed by atoms with Crippen LogP contribution in [0.2, 0.25) is 0 Å². The van der Waals surface area contributed by atoms with Crippen LogP contribution in [0.1, 0.15) is 0 Å². The average Bonchev–Trinajstić information content (AvgIpc) is 0.786. The molecule has 0 bridgehead atoms. The summed E-state index contributed by atoms with van der Waals surface area (Å²) in [6.45, 7) is 0. The first kappa shape index (κ1) is 67.5. The van der Waals surface area contributed by atoms with Gasteiger partial charge in [0, 0.05) is 111 Å². The quantitative estimate of drug-likeness (QED) is 0.0953. The lowest BCUT2D eigenvalue weighted by molar-refractivity contribution is 1.20. The van der Waals surface area contributed by atoms with Crippen molar-refractivity contribution in [3.8, 4) is 11.1 Å². The number of para-hydroxylation sites is 3. The number of fused-ring (bicyclic) bond motifs is 5. The van der Waals surface area contributed by atoms with Crippen LogP contribution in [-0.2, 0) is 0 Å². The van der Waals surface area contributed by atoms with Crippen molar-refractivity contribution in [2.24, 2.45) is 0 Å². The molecule has 0 fully saturated rings. The fourth-order valence-corrected chi connectivity index (χ4v) is 14.5. The maximum Gasteiger partial charge on any atom is 0.0540 e. The molecule has 0 amide bonds. The van der Waals surface area contributed by atoms with E-state index in [1.165, 1.54) is 93.4 Å². The van der Waals surface area contributed by atoms with Crippen LogP contribution in [0.5, 0.6) is 0 Å². The molecule has 6 heteroatoms. The van der Waals surface area contributed by atoms with Crippen molar-refractivity contribution >= 4 is 139 Å². The zero-order valence-electron chi connectivity index (χ0n) is 60.2. The van der Waals surface area contributed by atoms with Gasteiger partial charge in [-0.25, -0.2) is 0 Å². The highest BCUT2D eigenvalue weighted by atomic mass is 15.2. The average molecular weight is 1380 g/mol. The molecule has 0 aliphatic heterocycles. The van der Waals surface area contributed by atoms with Gasteiger partial charge >= 0.3 is 0 Å². The van der Waals surface area contributed by atoms with Crippen LogP contribution < -0.4 is 29.4 Å². The lowest BCUT2D eigenvalue weighted by atomic mass is 10.1. The van der Waals surface area contributed by atoms with Gasteiger partial charge in [-0.1, -0.05) is 273 Å². The van der Waals surface area contributed by atoms with E-state index < -0.39 is 0 Å². The fourth-order valence-electron chi connectivity index (χ4n) is 14.5. The minimum atomic E-state index is 1.12. The van der Waals surface area contributed by atoms with Gasteiger partial charge in [0.2, 0.25) is 0 Å². The summed E-state index contributed by atoms with van der Waals surface area (Å²) in [6, 6.07) is 153. The Morgan fingerprint density at radius 2 is 0.374 bits per heavy atom. The molecule has 107 heavy (non-hydrogen) atoms. The molecule has 0 aliphatic carbocycles. The minimum Gasteiger partial charge on any atom is -0.345 e. The number of anilines is 15. The summed E-state index contributed by atoms with van der Waals surface area (Å²) < 4.78 is 0. The van der Waals surface area contributed by atoms with E-state index in [1.807, 2.05) is 0 Å². The van der Waals surface area contributed by atoms with Gasteiger partial charge in [0.1, 0.15) is 0 Å². The van der Waals surface area contributed by atoms with Gasteiger partial charge < -0.3 is 29.4 Å². The normalized spacial score (nSPS) is 10.9. The Hall–Kier alpha value is -13.9. The van der Waals surface area contributed by atoms with Crippen molar-refractivity contribution in [1.82, 2.24) is 0 Å². The lowest BCUT2D eigenvalue weighted by Crippen LogP contribution is -2.12. The molecule has 6 nitrogen and oxygen atoms in total. The Balaban J connectivity index is 0.000000123. The third-order valence-electron chi connectivity index (χ3n) is 20.2. The zero-order valence-corrected chi connectivity index (χ0v) is 60.2. The van der Waals surface area contributed by atoms with Crippen molar-refractivity contribution in [2.45, 2.75) is 0 Å². The Labute approximate surface area is 627 Å². The molecule has 0 heterocycles. The second-order valence-electron chi connectivity index (χ2n) is 26.7. The minimum absolute atomic E-state index is 1.12. The molecule has 18 aromatic carbocycles. The summed E-state index contributed by atoms with van der Waals surface area (Å²) >= 11 is 0. The molecule has 0 radical (unpaired) electrons. The van der Waals surface area contributed by atoms with Gasteiger partial charge in [-0.3, -0.25) is 0 Å². The SMILES string of the molecule is CN(c1ccc(-c2ccccc2)cc1)c1ccc(N(c2ccccc2)c2cccc3ccccc23)cc1.CN(c1ccc(N(c2ccccc2)c2cccc3ccccc23)cc1)c1ccc2ccccc2c1.CN(c1ccc(N(c2ccccc2)c2cccc3ccccc23)cc1)c1cccc2ccccc12. The zero-order chi connectivity index (χ0) is 72.3. The van der Waals surface area contributed by atoms with Crippen molar-refractivity contribution in [3.05, 3.63) is 431 Å². The van der Waals surface area contributed by atoms with Crippen LogP contribution in [-0.4, -0.2) is 21.1 Å². The van der Waals surface area contributed by atoms with Crippen LogP contribution in [0.15, 0.2) is 431 Å². The van der Waals surface area contributed by atoms with Crippen molar-refractivity contribution in [3.63, 3.8) is 0 Å². The summed E-state index contributed by atoms with van der Waals surface area (Å²) in [4.78, 5) is 13.7. The van der Waals surface area contributed by atoms with E-state index in [4.69, 9.17) is 0 Å². The van der Waals surface area contributed by atoms with Crippen LogP contribution >= 0.6 is 0 Å². The summed E-state index contributed by atoms with van der Waals surface area (Å²) in [6.07, 6.45) is 0. The third-order valence-corrected chi connectivity index (χ3v) is 20.2. The molecule has 18 rings (SSSR count). The van der Waals surface area contributed by atoms with Gasteiger partial charge in [0.25, 0.3) is 0 Å². The molecule has 0 saturated carbocycles. The number of hydrogen-bond donors (Lipinski definition) is 0. The molecule has 0 aliphatic rings. The van der Waals surface area contributed by atoms with Crippen molar-refractivity contribution in [1.29, 1.82) is 0 Å². The molecule has 0 aromatic heterocycles. The lowest BCUT2D eigenvalue weighted by Gasteiger charge is -2.28. The topological polar surface area (TPSA) is 19.4 Å². The molecule has 0 spiro atoms. The van der Waals surface area contributed by atoms with Crippen molar-refractivity contribution < 1.29 is 0 Å². The highest BCUT2D eigenvalue weighted by molar-refractivity contribution is 6.02. The predicted molar refractivity (Wildman–Crippen MR) is 460 cm³/mol. The third kappa shape index (κ3) is 14.6. The summed E-state index contributed by atoms with van der Waals surface area (Å²) in [5.74, 6) is 0. The first-order valence-corrected chi connectivity index (χ1v) is 36.5. The molecule has 0 saturated heterocycles. The molecular weight excluding hydrogens is 1300 g/mol. The Kier molecular flexibility index (Phi) is 19.8. The molecule has 18 aromatic rings.